The van der Waals surface area contributed by atoms with Crippen LogP contribution in [0.3, 0.4) is 0 Å². The predicted molar refractivity (Wildman–Crippen MR) is 82.8 cm³/mol. The molecule has 1 aliphatic carbocycles. The minimum Gasteiger partial charge on any atom is -0.474 e. The average molecular weight is 276 g/mol. The highest BCUT2D eigenvalue weighted by Gasteiger charge is 2.32. The maximum atomic E-state index is 6.20. The molecule has 0 amide bonds. The lowest BCUT2D eigenvalue weighted by Crippen LogP contribution is -2.36. The van der Waals surface area contributed by atoms with Gasteiger partial charge in [-0.3, -0.25) is 0 Å². The van der Waals surface area contributed by atoms with Crippen LogP contribution in [0, 0.1) is 17.8 Å². The van der Waals surface area contributed by atoms with Gasteiger partial charge in [0, 0.05) is 18.8 Å². The molecule has 1 aliphatic rings. The molecule has 0 saturated heterocycles. The van der Waals surface area contributed by atoms with Crippen molar-refractivity contribution in [1.29, 1.82) is 0 Å². The highest BCUT2D eigenvalue weighted by molar-refractivity contribution is 5.18. The lowest BCUT2D eigenvalue weighted by Gasteiger charge is -2.37. The van der Waals surface area contributed by atoms with E-state index in [4.69, 9.17) is 4.74 Å². The molecule has 0 aromatic carbocycles. The number of nitrogens with one attached hydrogen (secondary N) is 1. The topological polar surface area (TPSA) is 34.1 Å². The van der Waals surface area contributed by atoms with Crippen molar-refractivity contribution in [1.82, 2.24) is 10.3 Å². The number of ether oxygens (including phenoxy) is 1. The van der Waals surface area contributed by atoms with Crippen LogP contribution in [0.4, 0.5) is 0 Å². The first-order chi connectivity index (χ1) is 9.60. The van der Waals surface area contributed by atoms with E-state index in [0.717, 1.165) is 24.8 Å². The summed E-state index contributed by atoms with van der Waals surface area (Å²) in [6.45, 7) is 7.79. The maximum Gasteiger partial charge on any atom is 0.213 e. The number of hydrogen-bond acceptors (Lipinski definition) is 3. The van der Waals surface area contributed by atoms with Crippen LogP contribution < -0.4 is 10.1 Å². The third kappa shape index (κ3) is 3.95. The first-order valence-corrected chi connectivity index (χ1v) is 7.86. The zero-order valence-corrected chi connectivity index (χ0v) is 13.2. The Balaban J connectivity index is 2.02. The molecule has 3 nitrogen and oxygen atoms in total. The van der Waals surface area contributed by atoms with E-state index in [1.807, 2.05) is 19.3 Å². The maximum absolute atomic E-state index is 6.20. The van der Waals surface area contributed by atoms with Gasteiger partial charge in [-0.2, -0.15) is 0 Å². The summed E-state index contributed by atoms with van der Waals surface area (Å²) < 4.78 is 6.20. The summed E-state index contributed by atoms with van der Waals surface area (Å²) in [4.78, 5) is 4.45. The molecule has 1 N–H and O–H groups in total. The lowest BCUT2D eigenvalue weighted by atomic mass is 9.75. The normalized spacial score (nSPS) is 26.8. The fourth-order valence-corrected chi connectivity index (χ4v) is 3.19. The molecule has 112 valence electrons. The average Bonchev–Trinajstić information content (AvgIpc) is 2.41. The van der Waals surface area contributed by atoms with Crippen molar-refractivity contribution in [2.24, 2.45) is 17.8 Å². The van der Waals surface area contributed by atoms with E-state index < -0.39 is 0 Å². The highest BCUT2D eigenvalue weighted by Crippen LogP contribution is 2.35. The minimum atomic E-state index is 0.321. The fraction of sp³-hybridized carbons (Fsp3) is 0.706. The number of nitrogens with zero attached hydrogens (tertiary/aromatic N) is 1. The van der Waals surface area contributed by atoms with Gasteiger partial charge in [-0.15, -0.1) is 0 Å². The summed E-state index contributed by atoms with van der Waals surface area (Å²) in [6.07, 6.45) is 5.99. The standard InChI is InChI=1S/C17H28N2O/c1-12(2)15-7-5-13(3)9-16(15)20-17-8-6-14(10-18-4)11-19-17/h6,8,11-13,15-16,18H,5,7,9-10H2,1-4H3. The Labute approximate surface area is 123 Å². The number of hydrogen-bond donors (Lipinski definition) is 1. The fourth-order valence-electron chi connectivity index (χ4n) is 3.19. The van der Waals surface area contributed by atoms with Gasteiger partial charge in [0.05, 0.1) is 0 Å². The van der Waals surface area contributed by atoms with Crippen molar-refractivity contribution >= 4 is 0 Å². The minimum absolute atomic E-state index is 0.321. The van der Waals surface area contributed by atoms with Crippen molar-refractivity contribution in [3.8, 4) is 5.88 Å². The van der Waals surface area contributed by atoms with Crippen molar-refractivity contribution in [3.63, 3.8) is 0 Å². The summed E-state index contributed by atoms with van der Waals surface area (Å²) in [5.41, 5.74) is 1.19. The Hall–Kier alpha value is -1.09. The van der Waals surface area contributed by atoms with Crippen LogP contribution in [-0.4, -0.2) is 18.1 Å². The molecular formula is C17H28N2O. The van der Waals surface area contributed by atoms with Crippen LogP contribution in [-0.2, 0) is 6.54 Å². The van der Waals surface area contributed by atoms with Crippen LogP contribution in [0.2, 0.25) is 0 Å². The lowest BCUT2D eigenvalue weighted by molar-refractivity contribution is 0.0426. The molecular weight excluding hydrogens is 248 g/mol. The monoisotopic (exact) mass is 276 g/mol. The van der Waals surface area contributed by atoms with E-state index in [9.17, 15) is 0 Å². The third-order valence-corrected chi connectivity index (χ3v) is 4.41. The van der Waals surface area contributed by atoms with E-state index in [1.54, 1.807) is 0 Å². The Morgan fingerprint density at radius 1 is 1.35 bits per heavy atom. The molecule has 1 fully saturated rings. The molecule has 1 heterocycles. The molecule has 0 aliphatic heterocycles. The van der Waals surface area contributed by atoms with Crippen molar-refractivity contribution in [2.45, 2.75) is 52.7 Å². The van der Waals surface area contributed by atoms with E-state index in [0.29, 0.717) is 17.9 Å². The zero-order valence-electron chi connectivity index (χ0n) is 13.2. The largest absolute Gasteiger partial charge is 0.474 e. The molecule has 1 aromatic rings. The first-order valence-electron chi connectivity index (χ1n) is 7.86. The molecule has 3 atom stereocenters. The van der Waals surface area contributed by atoms with Crippen molar-refractivity contribution in [2.75, 3.05) is 7.05 Å². The molecule has 1 aromatic heterocycles. The molecule has 3 unspecified atom stereocenters. The summed E-state index contributed by atoms with van der Waals surface area (Å²) in [5, 5.41) is 3.13. The summed E-state index contributed by atoms with van der Waals surface area (Å²) in [7, 11) is 1.95. The van der Waals surface area contributed by atoms with Gasteiger partial charge in [-0.25, -0.2) is 4.98 Å². The molecule has 0 radical (unpaired) electrons. The second kappa shape index (κ2) is 7.07. The van der Waals surface area contributed by atoms with Gasteiger partial charge in [0.15, 0.2) is 0 Å². The molecule has 1 saturated carbocycles. The number of aromatic nitrogens is 1. The van der Waals surface area contributed by atoms with Crippen LogP contribution in [0.1, 0.15) is 45.6 Å². The van der Waals surface area contributed by atoms with E-state index >= 15 is 0 Å². The Morgan fingerprint density at radius 3 is 2.75 bits per heavy atom. The van der Waals surface area contributed by atoms with E-state index in [-0.39, 0.29) is 0 Å². The van der Waals surface area contributed by atoms with Gasteiger partial charge >= 0.3 is 0 Å². The zero-order chi connectivity index (χ0) is 14.5. The van der Waals surface area contributed by atoms with Gasteiger partial charge in [0.1, 0.15) is 6.10 Å². The van der Waals surface area contributed by atoms with Gasteiger partial charge in [0.2, 0.25) is 5.88 Å². The van der Waals surface area contributed by atoms with Gasteiger partial charge in [-0.1, -0.05) is 33.3 Å². The Morgan fingerprint density at radius 2 is 2.15 bits per heavy atom. The predicted octanol–water partition coefficient (Wildman–Crippen LogP) is 3.64. The molecule has 0 spiro atoms. The SMILES string of the molecule is CNCc1ccc(OC2CC(C)CCC2C(C)C)nc1. The van der Waals surface area contributed by atoms with Crippen LogP contribution in [0.15, 0.2) is 18.3 Å². The number of pyridine rings is 1. The quantitative estimate of drug-likeness (QED) is 0.891. The summed E-state index contributed by atoms with van der Waals surface area (Å²) in [5.74, 6) is 2.87. The first kappa shape index (κ1) is 15.3. The van der Waals surface area contributed by atoms with Crippen molar-refractivity contribution < 1.29 is 4.74 Å². The van der Waals surface area contributed by atoms with Gasteiger partial charge in [-0.05, 0) is 43.2 Å². The van der Waals surface area contributed by atoms with Crippen LogP contribution in [0.5, 0.6) is 5.88 Å². The highest BCUT2D eigenvalue weighted by atomic mass is 16.5. The second-order valence-corrected chi connectivity index (χ2v) is 6.52. The van der Waals surface area contributed by atoms with Crippen LogP contribution in [0.25, 0.3) is 0 Å². The van der Waals surface area contributed by atoms with Gasteiger partial charge in [0.25, 0.3) is 0 Å². The Kier molecular flexibility index (Phi) is 5.41. The van der Waals surface area contributed by atoms with Crippen LogP contribution >= 0.6 is 0 Å². The van der Waals surface area contributed by atoms with Crippen molar-refractivity contribution in [3.05, 3.63) is 23.9 Å². The van der Waals surface area contributed by atoms with E-state index in [1.165, 1.54) is 18.4 Å². The molecule has 0 bridgehead atoms. The summed E-state index contributed by atoms with van der Waals surface area (Å²) in [6, 6.07) is 4.10. The van der Waals surface area contributed by atoms with Gasteiger partial charge < -0.3 is 10.1 Å². The van der Waals surface area contributed by atoms with E-state index in [2.05, 4.69) is 37.1 Å². The molecule has 3 heteroatoms. The molecule has 2 rings (SSSR count). The second-order valence-electron chi connectivity index (χ2n) is 6.52. The third-order valence-electron chi connectivity index (χ3n) is 4.41. The molecule has 20 heavy (non-hydrogen) atoms. The summed E-state index contributed by atoms with van der Waals surface area (Å²) >= 11 is 0. The number of rotatable bonds is 5. The Bertz CT molecular complexity index is 402. The smallest absolute Gasteiger partial charge is 0.213 e.